The predicted octanol–water partition coefficient (Wildman–Crippen LogP) is 1.66. The fourth-order valence-electron chi connectivity index (χ4n) is 2.28. The first-order chi connectivity index (χ1) is 12.9. The van der Waals surface area contributed by atoms with Gasteiger partial charge in [0.25, 0.3) is 11.6 Å². The fourth-order valence-corrected chi connectivity index (χ4v) is 2.28. The van der Waals surface area contributed by atoms with Crippen LogP contribution in [0.25, 0.3) is 0 Å². The molecule has 0 unspecified atom stereocenters. The number of nitro groups is 1. The van der Waals surface area contributed by atoms with Crippen LogP contribution in [0.5, 0.6) is 11.5 Å². The highest BCUT2D eigenvalue weighted by molar-refractivity contribution is 5.96. The number of nitrogens with one attached hydrogen (secondary N) is 2. The molecule has 0 saturated heterocycles. The Kier molecular flexibility index (Phi) is 6.70. The largest absolute Gasteiger partial charge is 0.493 e. The van der Waals surface area contributed by atoms with Gasteiger partial charge in [0.05, 0.1) is 25.7 Å². The van der Waals surface area contributed by atoms with Crippen molar-refractivity contribution in [2.75, 3.05) is 20.8 Å². The number of amides is 2. The zero-order valence-corrected chi connectivity index (χ0v) is 14.9. The van der Waals surface area contributed by atoms with Gasteiger partial charge in [-0.1, -0.05) is 12.1 Å². The van der Waals surface area contributed by atoms with Gasteiger partial charge in [-0.25, -0.2) is 0 Å². The highest BCUT2D eigenvalue weighted by Crippen LogP contribution is 2.27. The van der Waals surface area contributed by atoms with Gasteiger partial charge in [0.1, 0.15) is 0 Å². The smallest absolute Gasteiger partial charge is 0.270 e. The van der Waals surface area contributed by atoms with E-state index in [9.17, 15) is 19.7 Å². The third-order valence-corrected chi connectivity index (χ3v) is 3.67. The normalized spacial score (nSPS) is 10.0. The van der Waals surface area contributed by atoms with Crippen molar-refractivity contribution in [2.24, 2.45) is 0 Å². The number of hydrogen-bond donors (Lipinski definition) is 2. The minimum absolute atomic E-state index is 0.108. The van der Waals surface area contributed by atoms with Crippen LogP contribution >= 0.6 is 0 Å². The molecule has 9 nitrogen and oxygen atoms in total. The fraction of sp³-hybridized carbons (Fsp3) is 0.222. The van der Waals surface area contributed by atoms with Gasteiger partial charge in [-0.3, -0.25) is 19.7 Å². The van der Waals surface area contributed by atoms with E-state index in [4.69, 9.17) is 9.47 Å². The van der Waals surface area contributed by atoms with Crippen molar-refractivity contribution in [1.82, 2.24) is 10.6 Å². The maximum absolute atomic E-state index is 12.0. The summed E-state index contributed by atoms with van der Waals surface area (Å²) in [5.74, 6) is 0.156. The Labute approximate surface area is 155 Å². The van der Waals surface area contributed by atoms with Crippen molar-refractivity contribution in [3.63, 3.8) is 0 Å². The molecule has 0 spiro atoms. The summed E-state index contributed by atoms with van der Waals surface area (Å²) >= 11 is 0. The highest BCUT2D eigenvalue weighted by atomic mass is 16.6. The number of benzene rings is 2. The van der Waals surface area contributed by atoms with Crippen molar-refractivity contribution in [2.45, 2.75) is 6.54 Å². The number of carbonyl (C=O) groups is 2. The van der Waals surface area contributed by atoms with Gasteiger partial charge >= 0.3 is 0 Å². The van der Waals surface area contributed by atoms with Crippen LogP contribution < -0.4 is 20.1 Å². The highest BCUT2D eigenvalue weighted by Gasteiger charge is 2.12. The molecule has 2 aromatic rings. The summed E-state index contributed by atoms with van der Waals surface area (Å²) in [6.07, 6.45) is 0. The van der Waals surface area contributed by atoms with Crippen molar-refractivity contribution in [3.05, 3.63) is 63.7 Å². The van der Waals surface area contributed by atoms with E-state index in [2.05, 4.69) is 10.6 Å². The van der Waals surface area contributed by atoms with Gasteiger partial charge in [0.15, 0.2) is 11.5 Å². The summed E-state index contributed by atoms with van der Waals surface area (Å²) in [6, 6.07) is 10.5. The molecule has 0 aromatic heterocycles. The third kappa shape index (κ3) is 5.43. The van der Waals surface area contributed by atoms with E-state index in [1.165, 1.54) is 32.4 Å². The van der Waals surface area contributed by atoms with E-state index in [-0.39, 0.29) is 24.3 Å². The third-order valence-electron chi connectivity index (χ3n) is 3.67. The van der Waals surface area contributed by atoms with E-state index < -0.39 is 16.7 Å². The van der Waals surface area contributed by atoms with E-state index in [0.717, 1.165) is 11.6 Å². The Morgan fingerprint density at radius 3 is 2.44 bits per heavy atom. The summed E-state index contributed by atoms with van der Waals surface area (Å²) in [5, 5.41) is 15.8. The summed E-state index contributed by atoms with van der Waals surface area (Å²) in [4.78, 5) is 34.1. The molecule has 9 heteroatoms. The molecule has 2 N–H and O–H groups in total. The molecule has 0 atom stereocenters. The Hall–Kier alpha value is -3.62. The van der Waals surface area contributed by atoms with Gasteiger partial charge in [-0.05, 0) is 23.8 Å². The van der Waals surface area contributed by atoms with Gasteiger partial charge < -0.3 is 20.1 Å². The molecule has 0 aliphatic rings. The molecule has 2 aromatic carbocycles. The monoisotopic (exact) mass is 373 g/mol. The molecule has 0 bridgehead atoms. The lowest BCUT2D eigenvalue weighted by atomic mass is 10.2. The molecule has 27 heavy (non-hydrogen) atoms. The molecule has 0 aliphatic heterocycles. The van der Waals surface area contributed by atoms with Crippen LogP contribution in [-0.4, -0.2) is 37.5 Å². The standard InChI is InChI=1S/C18H19N3O6/c1-26-15-7-6-12(8-16(15)27-2)10-19-17(22)11-20-18(23)13-4-3-5-14(9-13)21(24)25/h3-9H,10-11H2,1-2H3,(H,19,22)(H,20,23). The summed E-state index contributed by atoms with van der Waals surface area (Å²) < 4.78 is 10.3. The maximum Gasteiger partial charge on any atom is 0.270 e. The molecule has 0 heterocycles. The molecule has 0 fully saturated rings. The Balaban J connectivity index is 1.86. The zero-order chi connectivity index (χ0) is 19.8. The predicted molar refractivity (Wildman–Crippen MR) is 96.8 cm³/mol. The molecule has 0 aliphatic carbocycles. The van der Waals surface area contributed by atoms with Crippen LogP contribution in [0.1, 0.15) is 15.9 Å². The van der Waals surface area contributed by atoms with Crippen LogP contribution in [0.3, 0.4) is 0 Å². The molecule has 0 radical (unpaired) electrons. The van der Waals surface area contributed by atoms with E-state index >= 15 is 0 Å². The Morgan fingerprint density at radius 2 is 1.78 bits per heavy atom. The van der Waals surface area contributed by atoms with Gasteiger partial charge in [-0.15, -0.1) is 0 Å². The molecule has 2 rings (SSSR count). The SMILES string of the molecule is COc1ccc(CNC(=O)CNC(=O)c2cccc([N+](=O)[O-])c2)cc1OC. The lowest BCUT2D eigenvalue weighted by molar-refractivity contribution is -0.384. The molecule has 2 amide bonds. The maximum atomic E-state index is 12.0. The van der Waals surface area contributed by atoms with Gasteiger partial charge in [0, 0.05) is 24.2 Å². The number of nitrogens with zero attached hydrogens (tertiary/aromatic N) is 1. The second kappa shape index (κ2) is 9.18. The first-order valence-electron chi connectivity index (χ1n) is 7.95. The Morgan fingerprint density at radius 1 is 1.04 bits per heavy atom. The molecular formula is C18H19N3O6. The average molecular weight is 373 g/mol. The van der Waals surface area contributed by atoms with Crippen molar-refractivity contribution < 1.29 is 24.0 Å². The first-order valence-corrected chi connectivity index (χ1v) is 7.95. The van der Waals surface area contributed by atoms with Crippen molar-refractivity contribution in [3.8, 4) is 11.5 Å². The van der Waals surface area contributed by atoms with Crippen molar-refractivity contribution >= 4 is 17.5 Å². The first kappa shape index (κ1) is 19.7. The average Bonchev–Trinajstić information content (AvgIpc) is 2.70. The minimum atomic E-state index is -0.591. The van der Waals surface area contributed by atoms with Crippen LogP contribution in [0, 0.1) is 10.1 Å². The number of non-ortho nitro benzene ring substituents is 1. The number of methoxy groups -OCH3 is 2. The minimum Gasteiger partial charge on any atom is -0.493 e. The van der Waals surface area contributed by atoms with E-state index in [0.29, 0.717) is 11.5 Å². The second-order valence-electron chi connectivity index (χ2n) is 5.46. The second-order valence-corrected chi connectivity index (χ2v) is 5.46. The van der Waals surface area contributed by atoms with Crippen molar-refractivity contribution in [1.29, 1.82) is 0 Å². The van der Waals surface area contributed by atoms with Crippen LogP contribution in [0.2, 0.25) is 0 Å². The number of hydrogen-bond acceptors (Lipinski definition) is 6. The van der Waals surface area contributed by atoms with Crippen LogP contribution in [-0.2, 0) is 11.3 Å². The summed E-state index contributed by atoms with van der Waals surface area (Å²) in [5.41, 5.74) is 0.712. The van der Waals surface area contributed by atoms with E-state index in [1.54, 1.807) is 18.2 Å². The number of rotatable bonds is 8. The van der Waals surface area contributed by atoms with E-state index in [1.807, 2.05) is 0 Å². The molecule has 0 saturated carbocycles. The lowest BCUT2D eigenvalue weighted by Crippen LogP contribution is -2.36. The number of ether oxygens (including phenoxy) is 2. The van der Waals surface area contributed by atoms with Gasteiger partial charge in [-0.2, -0.15) is 0 Å². The number of carbonyl (C=O) groups excluding carboxylic acids is 2. The van der Waals surface area contributed by atoms with Crippen LogP contribution in [0.15, 0.2) is 42.5 Å². The molecule has 142 valence electrons. The van der Waals surface area contributed by atoms with Gasteiger partial charge in [0.2, 0.25) is 5.91 Å². The lowest BCUT2D eigenvalue weighted by Gasteiger charge is -2.11. The topological polar surface area (TPSA) is 120 Å². The quantitative estimate of drug-likeness (QED) is 0.536. The number of nitro benzene ring substituents is 1. The van der Waals surface area contributed by atoms with Crippen LogP contribution in [0.4, 0.5) is 5.69 Å². The molecular weight excluding hydrogens is 354 g/mol. The summed E-state index contributed by atoms with van der Waals surface area (Å²) in [6.45, 7) is -0.0132. The zero-order valence-electron chi connectivity index (χ0n) is 14.9. The Bertz CT molecular complexity index is 853. The summed E-state index contributed by atoms with van der Waals surface area (Å²) in [7, 11) is 3.05.